The van der Waals surface area contributed by atoms with Crippen LogP contribution in [0.1, 0.15) is 56.3 Å². The molecule has 9 heteroatoms. The Hall–Kier alpha value is -2.58. The molecule has 0 bridgehead atoms. The van der Waals surface area contributed by atoms with Crippen molar-refractivity contribution in [3.63, 3.8) is 0 Å². The van der Waals surface area contributed by atoms with Crippen molar-refractivity contribution in [3.8, 4) is 0 Å². The van der Waals surface area contributed by atoms with Gasteiger partial charge in [-0.25, -0.2) is 18.4 Å². The van der Waals surface area contributed by atoms with Crippen molar-refractivity contribution in [1.29, 1.82) is 0 Å². The normalized spacial score (nSPS) is 25.1. The number of aromatic amines is 1. The van der Waals surface area contributed by atoms with Crippen molar-refractivity contribution in [2.24, 2.45) is 5.92 Å². The lowest BCUT2D eigenvalue weighted by Gasteiger charge is -2.35. The molecule has 3 aromatic rings. The van der Waals surface area contributed by atoms with E-state index in [2.05, 4.69) is 15.2 Å². The molecule has 0 aromatic carbocycles. The van der Waals surface area contributed by atoms with E-state index in [9.17, 15) is 13.6 Å². The first kappa shape index (κ1) is 17.5. The van der Waals surface area contributed by atoms with Gasteiger partial charge < -0.3 is 4.98 Å². The van der Waals surface area contributed by atoms with Gasteiger partial charge in [0.25, 0.3) is 5.56 Å². The average Bonchev–Trinajstić information content (AvgIpc) is 3.29. The predicted octanol–water partition coefficient (Wildman–Crippen LogP) is 3.26. The molecule has 148 valence electrons. The standard InChI is InChI=1S/C19H22F2N6O/c20-19(21)6-4-13(5-7-19)27-17-15(10-23-27)18(28)25-16(24-17)14-3-2-12(14)11-26-9-1-8-22-26/h1,8-10,12-14H,2-7,11H2,(H,24,25,28)/t12-,14+/m0/s1. The fourth-order valence-corrected chi connectivity index (χ4v) is 4.46. The van der Waals surface area contributed by atoms with Crippen molar-refractivity contribution in [1.82, 2.24) is 29.5 Å². The van der Waals surface area contributed by atoms with Gasteiger partial charge in [-0.2, -0.15) is 10.2 Å². The number of hydrogen-bond acceptors (Lipinski definition) is 4. The molecule has 2 fully saturated rings. The molecule has 2 atom stereocenters. The molecule has 0 radical (unpaired) electrons. The van der Waals surface area contributed by atoms with Crippen molar-refractivity contribution < 1.29 is 8.78 Å². The molecule has 3 heterocycles. The summed E-state index contributed by atoms with van der Waals surface area (Å²) in [6.45, 7) is 0.788. The van der Waals surface area contributed by atoms with Gasteiger partial charge in [-0.1, -0.05) is 0 Å². The van der Waals surface area contributed by atoms with E-state index in [1.807, 2.05) is 16.9 Å². The summed E-state index contributed by atoms with van der Waals surface area (Å²) in [7, 11) is 0. The summed E-state index contributed by atoms with van der Waals surface area (Å²) >= 11 is 0. The van der Waals surface area contributed by atoms with Crippen molar-refractivity contribution >= 4 is 11.0 Å². The molecule has 2 aliphatic rings. The molecular formula is C19H22F2N6O. The molecule has 0 unspecified atom stereocenters. The minimum absolute atomic E-state index is 0.138. The molecular weight excluding hydrogens is 366 g/mol. The fraction of sp³-hybridized carbons (Fsp3) is 0.579. The van der Waals surface area contributed by atoms with Crippen LogP contribution in [-0.4, -0.2) is 35.5 Å². The summed E-state index contributed by atoms with van der Waals surface area (Å²) in [5, 5.41) is 9.01. The summed E-state index contributed by atoms with van der Waals surface area (Å²) in [4.78, 5) is 20.2. The highest BCUT2D eigenvalue weighted by atomic mass is 19.3. The molecule has 2 aliphatic carbocycles. The number of H-pyrrole nitrogens is 1. The minimum atomic E-state index is -2.60. The van der Waals surface area contributed by atoms with E-state index in [0.717, 1.165) is 19.4 Å². The molecule has 0 saturated heterocycles. The molecule has 7 nitrogen and oxygen atoms in total. The molecule has 28 heavy (non-hydrogen) atoms. The lowest BCUT2D eigenvalue weighted by molar-refractivity contribution is -0.0446. The Labute approximate surface area is 159 Å². The van der Waals surface area contributed by atoms with Crippen LogP contribution in [-0.2, 0) is 6.54 Å². The molecule has 0 aliphatic heterocycles. The second-order valence-corrected chi connectivity index (χ2v) is 8.04. The van der Waals surface area contributed by atoms with Crippen LogP contribution in [0.5, 0.6) is 0 Å². The van der Waals surface area contributed by atoms with E-state index >= 15 is 0 Å². The Balaban J connectivity index is 1.44. The number of rotatable bonds is 4. The SMILES string of the molecule is O=c1[nH]c([C@@H]2CC[C@H]2Cn2cccn2)nc2c1cnn2C1CCC(F)(F)CC1. The number of nitrogens with zero attached hydrogens (tertiary/aromatic N) is 5. The van der Waals surface area contributed by atoms with Gasteiger partial charge in [-0.3, -0.25) is 9.48 Å². The monoisotopic (exact) mass is 388 g/mol. The van der Waals surface area contributed by atoms with E-state index < -0.39 is 5.92 Å². The van der Waals surface area contributed by atoms with Gasteiger partial charge in [0.2, 0.25) is 5.92 Å². The molecule has 1 N–H and O–H groups in total. The number of aromatic nitrogens is 6. The van der Waals surface area contributed by atoms with Crippen molar-refractivity contribution in [2.45, 2.75) is 63.0 Å². The van der Waals surface area contributed by atoms with E-state index in [1.165, 1.54) is 6.20 Å². The van der Waals surface area contributed by atoms with Crippen molar-refractivity contribution in [3.05, 3.63) is 40.8 Å². The Kier molecular flexibility index (Phi) is 4.06. The summed E-state index contributed by atoms with van der Waals surface area (Å²) in [6.07, 6.45) is 7.60. The number of hydrogen-bond donors (Lipinski definition) is 1. The first-order valence-corrected chi connectivity index (χ1v) is 9.83. The van der Waals surface area contributed by atoms with E-state index in [0.29, 0.717) is 35.6 Å². The third-order valence-corrected chi connectivity index (χ3v) is 6.26. The Bertz CT molecular complexity index is 1030. The minimum Gasteiger partial charge on any atom is -0.310 e. The van der Waals surface area contributed by atoms with Crippen LogP contribution in [0.25, 0.3) is 11.0 Å². The maximum atomic E-state index is 13.5. The highest BCUT2D eigenvalue weighted by molar-refractivity contribution is 5.73. The zero-order valence-electron chi connectivity index (χ0n) is 15.4. The van der Waals surface area contributed by atoms with Gasteiger partial charge in [0, 0.05) is 37.7 Å². The van der Waals surface area contributed by atoms with Crippen LogP contribution in [0.4, 0.5) is 8.78 Å². The van der Waals surface area contributed by atoms with Gasteiger partial charge in [-0.15, -0.1) is 0 Å². The Morgan fingerprint density at radius 3 is 2.68 bits per heavy atom. The summed E-state index contributed by atoms with van der Waals surface area (Å²) in [6, 6.07) is 1.76. The topological polar surface area (TPSA) is 81.4 Å². The maximum absolute atomic E-state index is 13.5. The van der Waals surface area contributed by atoms with Crippen LogP contribution >= 0.6 is 0 Å². The van der Waals surface area contributed by atoms with Gasteiger partial charge in [0.1, 0.15) is 11.2 Å². The van der Waals surface area contributed by atoms with Crippen LogP contribution in [0.3, 0.4) is 0 Å². The highest BCUT2D eigenvalue weighted by Crippen LogP contribution is 2.42. The molecule has 0 spiro atoms. The summed E-state index contributed by atoms with van der Waals surface area (Å²) in [5.41, 5.74) is 0.302. The largest absolute Gasteiger partial charge is 0.310 e. The van der Waals surface area contributed by atoms with Gasteiger partial charge >= 0.3 is 0 Å². The zero-order valence-corrected chi connectivity index (χ0v) is 15.4. The summed E-state index contributed by atoms with van der Waals surface area (Å²) < 4.78 is 30.6. The second-order valence-electron chi connectivity index (χ2n) is 8.04. The Morgan fingerprint density at radius 1 is 1.18 bits per heavy atom. The highest BCUT2D eigenvalue weighted by Gasteiger charge is 2.37. The van der Waals surface area contributed by atoms with E-state index in [-0.39, 0.29) is 30.4 Å². The maximum Gasteiger partial charge on any atom is 0.262 e. The van der Waals surface area contributed by atoms with Gasteiger partial charge in [0.05, 0.1) is 12.2 Å². The van der Waals surface area contributed by atoms with Crippen LogP contribution in [0.15, 0.2) is 29.5 Å². The average molecular weight is 388 g/mol. The Morgan fingerprint density at radius 2 is 2.00 bits per heavy atom. The lowest BCUT2D eigenvalue weighted by Crippen LogP contribution is -2.31. The smallest absolute Gasteiger partial charge is 0.262 e. The first-order chi connectivity index (χ1) is 13.5. The van der Waals surface area contributed by atoms with Crippen LogP contribution < -0.4 is 5.56 Å². The molecule has 3 aromatic heterocycles. The number of nitrogens with one attached hydrogen (secondary N) is 1. The fourth-order valence-electron chi connectivity index (χ4n) is 4.46. The summed E-state index contributed by atoms with van der Waals surface area (Å²) in [5.74, 6) is -1.39. The molecule has 5 rings (SSSR count). The number of halogens is 2. The predicted molar refractivity (Wildman–Crippen MR) is 98.3 cm³/mol. The van der Waals surface area contributed by atoms with E-state index in [4.69, 9.17) is 4.98 Å². The van der Waals surface area contributed by atoms with E-state index in [1.54, 1.807) is 10.9 Å². The number of alkyl halides is 2. The third kappa shape index (κ3) is 3.02. The first-order valence-electron chi connectivity index (χ1n) is 9.83. The van der Waals surface area contributed by atoms with Gasteiger partial charge in [-0.05, 0) is 37.7 Å². The van der Waals surface area contributed by atoms with Crippen LogP contribution in [0, 0.1) is 5.92 Å². The quantitative estimate of drug-likeness (QED) is 0.744. The third-order valence-electron chi connectivity index (χ3n) is 6.26. The lowest BCUT2D eigenvalue weighted by atomic mass is 9.73. The molecule has 0 amide bonds. The number of fused-ring (bicyclic) bond motifs is 1. The van der Waals surface area contributed by atoms with Gasteiger partial charge in [0.15, 0.2) is 5.65 Å². The second kappa shape index (κ2) is 6.49. The van der Waals surface area contributed by atoms with Crippen molar-refractivity contribution in [2.75, 3.05) is 0 Å². The zero-order chi connectivity index (χ0) is 19.3. The van der Waals surface area contributed by atoms with Crippen LogP contribution in [0.2, 0.25) is 0 Å². The molecule has 2 saturated carbocycles.